The molecule has 12 nitrogen and oxygen atoms in total. The summed E-state index contributed by atoms with van der Waals surface area (Å²) in [5, 5.41) is 20.3. The van der Waals surface area contributed by atoms with Crippen molar-refractivity contribution in [2.24, 2.45) is 15.1 Å². The van der Waals surface area contributed by atoms with Crippen molar-refractivity contribution in [3.63, 3.8) is 0 Å². The zero-order valence-corrected chi connectivity index (χ0v) is 38.2. The highest BCUT2D eigenvalue weighted by Gasteiger charge is 2.31. The predicted molar refractivity (Wildman–Crippen MR) is 245 cm³/mol. The molecular weight excluding hydrogens is 801 g/mol. The summed E-state index contributed by atoms with van der Waals surface area (Å²) < 4.78 is 35.5. The van der Waals surface area contributed by atoms with E-state index in [1.54, 1.807) is 13.8 Å². The normalized spacial score (nSPS) is 12.8. The molecule has 0 amide bonds. The third kappa shape index (κ3) is 21.5. The average molecular weight is 865 g/mol. The van der Waals surface area contributed by atoms with E-state index in [2.05, 4.69) is 9.71 Å². The summed E-state index contributed by atoms with van der Waals surface area (Å²) in [6, 6.07) is 37.8. The lowest BCUT2D eigenvalue weighted by atomic mass is 10.0. The van der Waals surface area contributed by atoms with Crippen LogP contribution in [0.4, 0.5) is 0 Å². The molecule has 0 saturated carbocycles. The number of nitrogens with zero attached hydrogens (tertiary/aromatic N) is 2. The lowest BCUT2D eigenvalue weighted by Crippen LogP contribution is -2.47. The summed E-state index contributed by atoms with van der Waals surface area (Å²) in [6.45, 7) is 18.5. The van der Waals surface area contributed by atoms with Crippen molar-refractivity contribution in [3.05, 3.63) is 144 Å². The van der Waals surface area contributed by atoms with E-state index in [0.717, 1.165) is 28.0 Å². The van der Waals surface area contributed by atoms with Crippen molar-refractivity contribution >= 4 is 45.3 Å². The molecule has 4 aromatic carbocycles. The van der Waals surface area contributed by atoms with Gasteiger partial charge in [-0.3, -0.25) is 19.9 Å². The SMILES string of the molecule is CC(C)(C)[S@@](N)=O.CC(O)O.CCOC(=O)CN=C(c1ccccc1)c1ccccc1.CCOC(=O)[C@@H](N=C(c1ccccc1)c1ccccc1)[C@H](C)NS(=O)C(C)(C)C. The standard InChI is InChI=1S/C23H30N2O3S.C17H17NO2.C4H11NOS.C2H6O2/c1-6-28-22(26)20(17(2)25-29(27)23(3,4)5)24-21(18-13-9-7-10-14-18)19-15-11-8-12-16-19;1-2-20-16(19)13-18-17(14-9-5-3-6-10-14)15-11-7-4-8-12-15;1-4(2,3)7(5)6;1-2(3)4/h7-17,20,25H,6H2,1-5H3;3-12H,2,13H2,1H3;5H2,1-3H3;2-4H,1H3/t17-,20-,29?;;7-;/m0.0./s1. The topological polar surface area (TPSA) is 190 Å². The molecule has 0 saturated heterocycles. The maximum atomic E-state index is 12.7. The van der Waals surface area contributed by atoms with Crippen LogP contribution in [0.5, 0.6) is 0 Å². The van der Waals surface area contributed by atoms with Crippen LogP contribution in [0, 0.1) is 0 Å². The molecule has 0 heterocycles. The van der Waals surface area contributed by atoms with Gasteiger partial charge in [0.05, 0.1) is 56.1 Å². The van der Waals surface area contributed by atoms with Gasteiger partial charge in [0.15, 0.2) is 6.04 Å². The van der Waals surface area contributed by atoms with Gasteiger partial charge in [-0.2, -0.15) is 0 Å². The third-order valence-corrected chi connectivity index (χ3v) is 10.5. The zero-order chi connectivity index (χ0) is 45.3. The fourth-order valence-corrected chi connectivity index (χ4v) is 5.36. The van der Waals surface area contributed by atoms with Crippen molar-refractivity contribution in [2.45, 2.75) is 97.1 Å². The number of nitrogens with two attached hydrogens (primary N) is 1. The highest BCUT2D eigenvalue weighted by molar-refractivity contribution is 7.84. The second kappa shape index (κ2) is 27.9. The Balaban J connectivity index is 0.000000498. The zero-order valence-electron chi connectivity index (χ0n) is 36.5. The van der Waals surface area contributed by atoms with Gasteiger partial charge >= 0.3 is 11.9 Å². The molecule has 0 bridgehead atoms. The second-order valence-electron chi connectivity index (χ2n) is 14.9. The Labute approximate surface area is 361 Å². The number of aliphatic imine (C=N–C) groups is 2. The van der Waals surface area contributed by atoms with Gasteiger partial charge in [0.1, 0.15) is 12.8 Å². The second-order valence-corrected chi connectivity index (χ2v) is 18.8. The Bertz CT molecular complexity index is 1850. The number of carbonyl (C=O) groups is 2. The Kier molecular flexibility index (Phi) is 24.8. The minimum atomic E-state index is -1.34. The number of hydrogen-bond donors (Lipinski definition) is 4. The van der Waals surface area contributed by atoms with E-state index < -0.39 is 51.1 Å². The molecule has 1 unspecified atom stereocenters. The van der Waals surface area contributed by atoms with E-state index in [9.17, 15) is 18.0 Å². The van der Waals surface area contributed by atoms with Gasteiger partial charge in [0.2, 0.25) is 0 Å². The number of benzene rings is 4. The Morgan fingerprint density at radius 3 is 1.28 bits per heavy atom. The Morgan fingerprint density at radius 1 is 0.650 bits per heavy atom. The van der Waals surface area contributed by atoms with Crippen LogP contribution < -0.4 is 9.86 Å². The first kappa shape index (κ1) is 53.3. The first-order chi connectivity index (χ1) is 28.2. The molecule has 0 aliphatic carbocycles. The molecule has 4 aromatic rings. The minimum Gasteiger partial charge on any atom is -0.465 e. The van der Waals surface area contributed by atoms with E-state index in [0.29, 0.717) is 12.3 Å². The summed E-state index contributed by atoms with van der Waals surface area (Å²) in [4.78, 5) is 33.5. The first-order valence-corrected chi connectivity index (χ1v) is 22.0. The largest absolute Gasteiger partial charge is 0.465 e. The summed E-state index contributed by atoms with van der Waals surface area (Å²) in [7, 11) is -2.52. The molecule has 4 rings (SSSR count). The monoisotopic (exact) mass is 864 g/mol. The van der Waals surface area contributed by atoms with Crippen molar-refractivity contribution in [2.75, 3.05) is 19.8 Å². The Morgan fingerprint density at radius 2 is 0.983 bits per heavy atom. The molecule has 0 spiro atoms. The third-order valence-electron chi connectivity index (χ3n) is 7.58. The highest BCUT2D eigenvalue weighted by atomic mass is 32.2. The molecule has 5 N–H and O–H groups in total. The van der Waals surface area contributed by atoms with Gasteiger partial charge in [0, 0.05) is 28.3 Å². The van der Waals surface area contributed by atoms with Crippen LogP contribution in [0.2, 0.25) is 0 Å². The quantitative estimate of drug-likeness (QED) is 0.0648. The number of hydrogen-bond acceptors (Lipinski definition) is 10. The van der Waals surface area contributed by atoms with Crippen LogP contribution in [0.15, 0.2) is 131 Å². The summed E-state index contributed by atoms with van der Waals surface area (Å²) in [6.07, 6.45) is -1.17. The molecular formula is C46H64N4O8S2. The van der Waals surface area contributed by atoms with Crippen molar-refractivity contribution in [1.29, 1.82) is 0 Å². The maximum Gasteiger partial charge on any atom is 0.332 e. The van der Waals surface area contributed by atoms with Crippen LogP contribution in [-0.2, 0) is 41.0 Å². The van der Waals surface area contributed by atoms with Crippen molar-refractivity contribution in [1.82, 2.24) is 4.72 Å². The number of aliphatic hydroxyl groups is 2. The number of rotatable bonds is 13. The number of carbonyl (C=O) groups excluding carboxylic acids is 2. The van der Waals surface area contributed by atoms with Crippen LogP contribution in [0.1, 0.15) is 91.5 Å². The van der Waals surface area contributed by atoms with Crippen molar-refractivity contribution < 1.29 is 37.7 Å². The molecule has 0 radical (unpaired) electrons. The fourth-order valence-electron chi connectivity index (χ4n) is 4.54. The molecule has 4 atom stereocenters. The van der Waals surface area contributed by atoms with E-state index in [1.165, 1.54) is 6.92 Å². The first-order valence-electron chi connectivity index (χ1n) is 19.6. The van der Waals surface area contributed by atoms with Gasteiger partial charge < -0.3 is 19.7 Å². The van der Waals surface area contributed by atoms with Crippen molar-refractivity contribution in [3.8, 4) is 0 Å². The van der Waals surface area contributed by atoms with E-state index in [1.807, 2.05) is 170 Å². The molecule has 0 aliphatic rings. The maximum absolute atomic E-state index is 12.7. The van der Waals surface area contributed by atoms with E-state index >= 15 is 0 Å². The van der Waals surface area contributed by atoms with Gasteiger partial charge in [0.25, 0.3) is 0 Å². The van der Waals surface area contributed by atoms with Gasteiger partial charge in [-0.05, 0) is 69.2 Å². The van der Waals surface area contributed by atoms with E-state index in [-0.39, 0.29) is 23.9 Å². The van der Waals surface area contributed by atoms with Crippen LogP contribution >= 0.6 is 0 Å². The number of esters is 2. The molecule has 0 aromatic heterocycles. The molecule has 60 heavy (non-hydrogen) atoms. The summed E-state index contributed by atoms with van der Waals surface area (Å²) >= 11 is 0. The minimum absolute atomic E-state index is 0.0347. The average Bonchev–Trinajstić information content (AvgIpc) is 3.19. The highest BCUT2D eigenvalue weighted by Crippen LogP contribution is 2.17. The van der Waals surface area contributed by atoms with E-state index in [4.69, 9.17) is 29.8 Å². The number of ether oxygens (including phenoxy) is 2. The summed E-state index contributed by atoms with van der Waals surface area (Å²) in [5.41, 5.74) is 5.28. The van der Waals surface area contributed by atoms with Gasteiger partial charge in [-0.25, -0.2) is 17.9 Å². The lowest BCUT2D eigenvalue weighted by molar-refractivity contribution is -0.145. The van der Waals surface area contributed by atoms with Crippen LogP contribution in [-0.4, -0.2) is 89.6 Å². The smallest absolute Gasteiger partial charge is 0.332 e. The summed E-state index contributed by atoms with van der Waals surface area (Å²) in [5.74, 6) is -0.750. The van der Waals surface area contributed by atoms with Gasteiger partial charge in [-0.15, -0.1) is 0 Å². The lowest BCUT2D eigenvalue weighted by Gasteiger charge is -2.25. The van der Waals surface area contributed by atoms with Crippen LogP contribution in [0.3, 0.4) is 0 Å². The number of nitrogens with one attached hydrogen (secondary N) is 1. The molecule has 14 heteroatoms. The molecule has 0 fully saturated rings. The molecule has 328 valence electrons. The predicted octanol–water partition coefficient (Wildman–Crippen LogP) is 6.71. The number of aliphatic hydroxyl groups excluding tert-OH is 1. The molecule has 0 aliphatic heterocycles. The fraction of sp³-hybridized carbons (Fsp3) is 0.391. The van der Waals surface area contributed by atoms with Gasteiger partial charge in [-0.1, -0.05) is 121 Å². The Hall–Kier alpha value is -4.70. The van der Waals surface area contributed by atoms with Crippen LogP contribution in [0.25, 0.3) is 0 Å².